The molecule has 0 atom stereocenters. The van der Waals surface area contributed by atoms with Crippen LogP contribution in [0.3, 0.4) is 0 Å². The quantitative estimate of drug-likeness (QED) is 0.365. The number of isocyanates is 1. The Labute approximate surface area is 147 Å². The van der Waals surface area contributed by atoms with E-state index in [0.717, 1.165) is 5.56 Å². The number of imidazole rings is 1. The number of nitrogens with two attached hydrogens (primary N) is 1. The second kappa shape index (κ2) is 7.60. The van der Waals surface area contributed by atoms with Gasteiger partial charge in [0.15, 0.2) is 17.0 Å². The summed E-state index contributed by atoms with van der Waals surface area (Å²) >= 11 is 0. The summed E-state index contributed by atoms with van der Waals surface area (Å²) in [7, 11) is 1.56. The van der Waals surface area contributed by atoms with Gasteiger partial charge in [-0.25, -0.2) is 4.79 Å². The Hall–Kier alpha value is -3.49. The number of carbonyl (C=O) groups excluding carboxylic acids is 1. The average Bonchev–Trinajstić information content (AvgIpc) is 2.94. The zero-order valence-corrected chi connectivity index (χ0v) is 13.9. The van der Waals surface area contributed by atoms with Gasteiger partial charge in [-0.05, 0) is 17.7 Å². The minimum Gasteiger partial charge on any atom is -0.480 e. The van der Waals surface area contributed by atoms with Crippen LogP contribution in [0.15, 0.2) is 29.3 Å². The van der Waals surface area contributed by atoms with Gasteiger partial charge in [-0.1, -0.05) is 12.1 Å². The van der Waals surface area contributed by atoms with Crippen molar-refractivity contribution >= 4 is 28.7 Å². The van der Waals surface area contributed by atoms with Crippen LogP contribution < -0.4 is 10.5 Å². The first-order chi connectivity index (χ1) is 12.6. The Bertz CT molecular complexity index is 963. The molecule has 26 heavy (non-hydrogen) atoms. The molecule has 0 fully saturated rings. The summed E-state index contributed by atoms with van der Waals surface area (Å²) in [6.45, 7) is 0.920. The minimum atomic E-state index is -0.245. The molecule has 2 heterocycles. The van der Waals surface area contributed by atoms with E-state index in [1.807, 2.05) is 0 Å². The molecule has 0 radical (unpaired) electrons. The molecule has 10 heteroatoms. The summed E-state index contributed by atoms with van der Waals surface area (Å²) in [5.74, 6) is 0.104. The van der Waals surface area contributed by atoms with Crippen molar-refractivity contribution in [1.29, 1.82) is 0 Å². The molecule has 0 saturated carbocycles. The largest absolute Gasteiger partial charge is 0.480 e. The lowest BCUT2D eigenvalue weighted by molar-refractivity contribution is 0.141. The van der Waals surface area contributed by atoms with Crippen molar-refractivity contribution in [2.75, 3.05) is 26.1 Å². The lowest BCUT2D eigenvalue weighted by Crippen LogP contribution is -2.09. The van der Waals surface area contributed by atoms with Crippen LogP contribution in [-0.2, 0) is 16.1 Å². The fourth-order valence-corrected chi connectivity index (χ4v) is 2.33. The van der Waals surface area contributed by atoms with Gasteiger partial charge >= 0.3 is 6.01 Å². The minimum absolute atomic E-state index is 0.0730. The molecular formula is C16H16N6O4. The molecule has 3 rings (SSSR count). The van der Waals surface area contributed by atoms with E-state index in [1.54, 1.807) is 31.4 Å². The lowest BCUT2D eigenvalue weighted by Gasteiger charge is -2.07. The number of benzene rings is 1. The number of nitrogen functional groups attached to an aromatic ring is 1. The van der Waals surface area contributed by atoms with E-state index in [0.29, 0.717) is 17.9 Å². The zero-order chi connectivity index (χ0) is 18.5. The highest BCUT2D eigenvalue weighted by Gasteiger charge is 2.17. The summed E-state index contributed by atoms with van der Waals surface area (Å²) in [5, 5.41) is 10.2. The molecule has 0 aliphatic rings. The van der Waals surface area contributed by atoms with Gasteiger partial charge in [0.2, 0.25) is 6.08 Å². The number of methoxy groups -OCH3 is 1. The number of aromatic nitrogens is 4. The molecular weight excluding hydrogens is 340 g/mol. The second-order valence-corrected chi connectivity index (χ2v) is 5.27. The van der Waals surface area contributed by atoms with Gasteiger partial charge in [-0.2, -0.15) is 19.9 Å². The van der Waals surface area contributed by atoms with Gasteiger partial charge in [0, 0.05) is 7.11 Å². The number of hydrogen-bond donors (Lipinski definition) is 2. The molecule has 134 valence electrons. The SMILES string of the molecule is COCCOc1nc(N)c2nc(O)n(Cc3ccc(N=C=O)cc3)c2n1. The third-order valence-corrected chi connectivity index (χ3v) is 3.55. The van der Waals surface area contributed by atoms with Gasteiger partial charge in [0.25, 0.3) is 6.01 Å². The topological polar surface area (TPSA) is 138 Å². The normalized spacial score (nSPS) is 10.7. The molecule has 3 N–H and O–H groups in total. The molecule has 0 bridgehead atoms. The second-order valence-electron chi connectivity index (χ2n) is 5.27. The molecule has 0 unspecified atom stereocenters. The van der Waals surface area contributed by atoms with Crippen molar-refractivity contribution in [1.82, 2.24) is 19.5 Å². The summed E-state index contributed by atoms with van der Waals surface area (Å²) < 4.78 is 11.8. The molecule has 0 aliphatic carbocycles. The maximum Gasteiger partial charge on any atom is 0.320 e. The molecule has 2 aromatic heterocycles. The van der Waals surface area contributed by atoms with Gasteiger partial charge < -0.3 is 20.3 Å². The van der Waals surface area contributed by atoms with Gasteiger partial charge in [0.1, 0.15) is 6.61 Å². The number of ether oxygens (including phenoxy) is 2. The van der Waals surface area contributed by atoms with E-state index in [9.17, 15) is 9.90 Å². The maximum absolute atomic E-state index is 10.3. The Morgan fingerprint density at radius 2 is 2.00 bits per heavy atom. The van der Waals surface area contributed by atoms with Crippen LogP contribution in [0, 0.1) is 0 Å². The van der Waals surface area contributed by atoms with Crippen molar-refractivity contribution in [3.63, 3.8) is 0 Å². The standard InChI is InChI=1S/C16H16N6O4/c1-25-6-7-26-15-20-13(17)12-14(21-15)22(16(24)19-12)8-10-2-4-11(5-3-10)18-9-23/h2-5H,6-8H2,1H3,(H,19,24)(H2,17,20,21). The summed E-state index contributed by atoms with van der Waals surface area (Å²) in [5.41, 5.74) is 7.84. The van der Waals surface area contributed by atoms with Crippen LogP contribution in [0.2, 0.25) is 0 Å². The first-order valence-electron chi connectivity index (χ1n) is 7.63. The number of hydrogen-bond acceptors (Lipinski definition) is 9. The number of rotatable bonds is 7. The predicted octanol–water partition coefficient (Wildman–Crippen LogP) is 1.15. The van der Waals surface area contributed by atoms with E-state index in [4.69, 9.17) is 15.2 Å². The van der Waals surface area contributed by atoms with Crippen LogP contribution >= 0.6 is 0 Å². The van der Waals surface area contributed by atoms with Crippen molar-refractivity contribution < 1.29 is 19.4 Å². The van der Waals surface area contributed by atoms with Crippen molar-refractivity contribution in [2.24, 2.45) is 4.99 Å². The fraction of sp³-hybridized carbons (Fsp3) is 0.250. The molecule has 1 aromatic carbocycles. The van der Waals surface area contributed by atoms with Gasteiger partial charge in [-0.15, -0.1) is 0 Å². The third-order valence-electron chi connectivity index (χ3n) is 3.55. The number of aromatic hydroxyl groups is 1. The molecule has 3 aromatic rings. The van der Waals surface area contributed by atoms with E-state index in [1.165, 1.54) is 10.6 Å². The molecule has 0 spiro atoms. The van der Waals surface area contributed by atoms with Crippen LogP contribution in [0.4, 0.5) is 11.5 Å². The Balaban J connectivity index is 1.93. The highest BCUT2D eigenvalue weighted by atomic mass is 16.5. The van der Waals surface area contributed by atoms with E-state index in [2.05, 4.69) is 19.9 Å². The predicted molar refractivity (Wildman–Crippen MR) is 92.1 cm³/mol. The number of nitrogens with zero attached hydrogens (tertiary/aromatic N) is 5. The Morgan fingerprint density at radius 1 is 1.23 bits per heavy atom. The van der Waals surface area contributed by atoms with Crippen LogP contribution in [0.25, 0.3) is 11.2 Å². The van der Waals surface area contributed by atoms with Crippen LogP contribution in [0.1, 0.15) is 5.56 Å². The smallest absolute Gasteiger partial charge is 0.320 e. The molecule has 0 saturated heterocycles. The van der Waals surface area contributed by atoms with Crippen molar-refractivity contribution in [2.45, 2.75) is 6.54 Å². The average molecular weight is 356 g/mol. The van der Waals surface area contributed by atoms with E-state index < -0.39 is 0 Å². The van der Waals surface area contributed by atoms with E-state index >= 15 is 0 Å². The van der Waals surface area contributed by atoms with Gasteiger partial charge in [0.05, 0.1) is 18.8 Å². The first kappa shape index (κ1) is 17.3. The summed E-state index contributed by atoms with van der Waals surface area (Å²) in [6.07, 6.45) is 1.48. The molecule has 10 nitrogen and oxygen atoms in total. The Kier molecular flexibility index (Phi) is 5.07. The zero-order valence-electron chi connectivity index (χ0n) is 13.9. The fourth-order valence-electron chi connectivity index (χ4n) is 2.33. The Morgan fingerprint density at radius 3 is 2.69 bits per heavy atom. The summed E-state index contributed by atoms with van der Waals surface area (Å²) in [6, 6.07) is 6.69. The van der Waals surface area contributed by atoms with Gasteiger partial charge in [-0.3, -0.25) is 4.57 Å². The monoisotopic (exact) mass is 356 g/mol. The highest BCUT2D eigenvalue weighted by Crippen LogP contribution is 2.26. The number of fused-ring (bicyclic) bond motifs is 1. The van der Waals surface area contributed by atoms with Crippen LogP contribution in [-0.4, -0.2) is 51.0 Å². The molecule has 0 aliphatic heterocycles. The van der Waals surface area contributed by atoms with Crippen molar-refractivity contribution in [3.8, 4) is 12.0 Å². The number of aliphatic imine (C=N–C) groups is 1. The number of anilines is 1. The highest BCUT2D eigenvalue weighted by molar-refractivity contribution is 5.83. The molecule has 0 amide bonds. The van der Waals surface area contributed by atoms with Crippen molar-refractivity contribution in [3.05, 3.63) is 29.8 Å². The third kappa shape index (κ3) is 3.61. The summed E-state index contributed by atoms with van der Waals surface area (Å²) in [4.78, 5) is 26.1. The van der Waals surface area contributed by atoms with Crippen LogP contribution in [0.5, 0.6) is 12.0 Å². The lowest BCUT2D eigenvalue weighted by atomic mass is 10.2. The first-order valence-corrected chi connectivity index (χ1v) is 7.63. The maximum atomic E-state index is 10.3. The van der Waals surface area contributed by atoms with E-state index in [-0.39, 0.29) is 36.5 Å².